The number of hydrogen-bond acceptors (Lipinski definition) is 3. The number of aryl methyl sites for hydroxylation is 1. The molecule has 3 rings (SSSR count). The molecule has 0 saturated carbocycles. The van der Waals surface area contributed by atoms with Gasteiger partial charge in [-0.15, -0.1) is 0 Å². The Labute approximate surface area is 176 Å². The molecular weight excluding hydrogens is 386 g/mol. The smallest absolute Gasteiger partial charge is 0.255 e. The van der Waals surface area contributed by atoms with Crippen molar-refractivity contribution >= 4 is 23.2 Å². The quantitative estimate of drug-likeness (QED) is 0.506. The van der Waals surface area contributed by atoms with Gasteiger partial charge in [-0.25, -0.2) is 0 Å². The Bertz CT molecular complexity index is 1020. The number of rotatable bonds is 7. The Balaban J connectivity index is 1.81. The van der Waals surface area contributed by atoms with Gasteiger partial charge in [-0.1, -0.05) is 29.8 Å². The summed E-state index contributed by atoms with van der Waals surface area (Å²) in [7, 11) is 0. The Morgan fingerprint density at radius 1 is 1.00 bits per heavy atom. The minimum Gasteiger partial charge on any atom is -0.493 e. The molecular formula is C24H24ClNO3. The van der Waals surface area contributed by atoms with E-state index in [2.05, 4.69) is 5.32 Å². The van der Waals surface area contributed by atoms with Crippen LogP contribution in [0.5, 0.6) is 11.5 Å². The molecule has 1 amide bonds. The lowest BCUT2D eigenvalue weighted by molar-refractivity contribution is 0.102. The van der Waals surface area contributed by atoms with Crippen LogP contribution in [0.25, 0.3) is 0 Å². The molecule has 0 spiro atoms. The van der Waals surface area contributed by atoms with E-state index in [0.717, 1.165) is 22.4 Å². The van der Waals surface area contributed by atoms with E-state index in [9.17, 15) is 4.79 Å². The van der Waals surface area contributed by atoms with Gasteiger partial charge in [0.1, 0.15) is 18.1 Å². The highest BCUT2D eigenvalue weighted by atomic mass is 35.5. The Morgan fingerprint density at radius 2 is 1.79 bits per heavy atom. The number of nitrogens with one attached hydrogen (secondary N) is 1. The number of ether oxygens (including phenoxy) is 2. The van der Waals surface area contributed by atoms with E-state index in [1.54, 1.807) is 24.3 Å². The Hall–Kier alpha value is -2.98. The molecule has 3 aromatic carbocycles. The van der Waals surface area contributed by atoms with Gasteiger partial charge < -0.3 is 14.8 Å². The molecule has 0 atom stereocenters. The van der Waals surface area contributed by atoms with Crippen molar-refractivity contribution < 1.29 is 14.3 Å². The summed E-state index contributed by atoms with van der Waals surface area (Å²) in [6.07, 6.45) is 0. The zero-order valence-corrected chi connectivity index (χ0v) is 17.5. The first-order valence-corrected chi connectivity index (χ1v) is 9.87. The van der Waals surface area contributed by atoms with Crippen LogP contribution in [-0.2, 0) is 6.61 Å². The van der Waals surface area contributed by atoms with Crippen LogP contribution in [0.3, 0.4) is 0 Å². The van der Waals surface area contributed by atoms with Gasteiger partial charge in [-0.05, 0) is 74.4 Å². The molecule has 29 heavy (non-hydrogen) atoms. The maximum Gasteiger partial charge on any atom is 0.255 e. The predicted octanol–water partition coefficient (Wildman–Crippen LogP) is 6.19. The molecule has 150 valence electrons. The third-order valence-electron chi connectivity index (χ3n) is 4.52. The second kappa shape index (κ2) is 9.48. The molecule has 0 heterocycles. The fourth-order valence-corrected chi connectivity index (χ4v) is 3.11. The van der Waals surface area contributed by atoms with E-state index in [1.165, 1.54) is 0 Å². The molecule has 4 nitrogen and oxygen atoms in total. The van der Waals surface area contributed by atoms with E-state index in [-0.39, 0.29) is 5.91 Å². The number of carbonyl (C=O) groups is 1. The van der Waals surface area contributed by atoms with Crippen molar-refractivity contribution in [1.29, 1.82) is 0 Å². The van der Waals surface area contributed by atoms with E-state index in [4.69, 9.17) is 21.1 Å². The second-order valence-electron chi connectivity index (χ2n) is 6.73. The van der Waals surface area contributed by atoms with Crippen LogP contribution in [0.2, 0.25) is 5.02 Å². The monoisotopic (exact) mass is 409 g/mol. The number of amides is 1. The molecule has 0 aliphatic heterocycles. The lowest BCUT2D eigenvalue weighted by atomic mass is 10.1. The third kappa shape index (κ3) is 5.30. The molecule has 0 aliphatic carbocycles. The van der Waals surface area contributed by atoms with Gasteiger partial charge in [0.05, 0.1) is 6.61 Å². The number of halogens is 1. The van der Waals surface area contributed by atoms with E-state index < -0.39 is 0 Å². The van der Waals surface area contributed by atoms with Crippen LogP contribution >= 0.6 is 11.6 Å². The van der Waals surface area contributed by atoms with Gasteiger partial charge in [-0.3, -0.25) is 4.79 Å². The minimum absolute atomic E-state index is 0.213. The fourth-order valence-electron chi connectivity index (χ4n) is 2.93. The first-order valence-electron chi connectivity index (χ1n) is 9.49. The SMILES string of the molecule is CCOc1ccc(C(=O)Nc2cccc(Cl)c2C)cc1COc1cccc(C)c1. The van der Waals surface area contributed by atoms with Gasteiger partial charge in [0, 0.05) is 21.8 Å². The highest BCUT2D eigenvalue weighted by Gasteiger charge is 2.13. The summed E-state index contributed by atoms with van der Waals surface area (Å²) in [4.78, 5) is 12.8. The summed E-state index contributed by atoms with van der Waals surface area (Å²) < 4.78 is 11.6. The molecule has 0 unspecified atom stereocenters. The third-order valence-corrected chi connectivity index (χ3v) is 4.93. The number of anilines is 1. The molecule has 0 radical (unpaired) electrons. The average molecular weight is 410 g/mol. The van der Waals surface area contributed by atoms with E-state index in [0.29, 0.717) is 35.2 Å². The van der Waals surface area contributed by atoms with Crippen LogP contribution in [0, 0.1) is 13.8 Å². The van der Waals surface area contributed by atoms with Crippen molar-refractivity contribution in [2.75, 3.05) is 11.9 Å². The topological polar surface area (TPSA) is 47.6 Å². The molecule has 0 fully saturated rings. The standard InChI is InChI=1S/C24H24ClNO3/c1-4-28-23-12-11-18(24(27)26-22-10-6-9-21(25)17(22)3)14-19(23)15-29-20-8-5-7-16(2)13-20/h5-14H,4,15H2,1-3H3,(H,26,27). The fraction of sp³-hybridized carbons (Fsp3) is 0.208. The summed E-state index contributed by atoms with van der Waals surface area (Å²) in [6, 6.07) is 18.6. The van der Waals surface area contributed by atoms with Gasteiger partial charge in [-0.2, -0.15) is 0 Å². The van der Waals surface area contributed by atoms with Crippen LogP contribution in [0.1, 0.15) is 34.0 Å². The normalized spacial score (nSPS) is 10.5. The zero-order valence-electron chi connectivity index (χ0n) is 16.8. The first kappa shape index (κ1) is 20.7. The van der Waals surface area contributed by atoms with Crippen molar-refractivity contribution in [1.82, 2.24) is 0 Å². The first-order chi connectivity index (χ1) is 14.0. The number of carbonyl (C=O) groups excluding carboxylic acids is 1. The van der Waals surface area contributed by atoms with Crippen LogP contribution in [0.15, 0.2) is 60.7 Å². The minimum atomic E-state index is -0.213. The summed E-state index contributed by atoms with van der Waals surface area (Å²) in [5, 5.41) is 3.53. The number of benzene rings is 3. The molecule has 0 aromatic heterocycles. The predicted molar refractivity (Wildman–Crippen MR) is 117 cm³/mol. The van der Waals surface area contributed by atoms with Crippen molar-refractivity contribution in [2.24, 2.45) is 0 Å². The maximum atomic E-state index is 12.8. The Kier molecular flexibility index (Phi) is 6.78. The summed E-state index contributed by atoms with van der Waals surface area (Å²) >= 11 is 6.15. The summed E-state index contributed by atoms with van der Waals surface area (Å²) in [6.45, 7) is 6.65. The summed E-state index contributed by atoms with van der Waals surface area (Å²) in [5.74, 6) is 1.27. The largest absolute Gasteiger partial charge is 0.493 e. The maximum absolute atomic E-state index is 12.8. The highest BCUT2D eigenvalue weighted by molar-refractivity contribution is 6.31. The lowest BCUT2D eigenvalue weighted by Gasteiger charge is -2.14. The van der Waals surface area contributed by atoms with Crippen LogP contribution < -0.4 is 14.8 Å². The number of hydrogen-bond donors (Lipinski definition) is 1. The van der Waals surface area contributed by atoms with Crippen molar-refractivity contribution in [3.8, 4) is 11.5 Å². The molecule has 1 N–H and O–H groups in total. The summed E-state index contributed by atoms with van der Waals surface area (Å²) in [5.41, 5.74) is 3.97. The van der Waals surface area contributed by atoms with E-state index >= 15 is 0 Å². The molecule has 0 aliphatic rings. The van der Waals surface area contributed by atoms with Crippen LogP contribution in [-0.4, -0.2) is 12.5 Å². The Morgan fingerprint density at radius 3 is 2.55 bits per heavy atom. The van der Waals surface area contributed by atoms with Crippen molar-refractivity contribution in [3.05, 3.63) is 87.9 Å². The van der Waals surface area contributed by atoms with Crippen molar-refractivity contribution in [2.45, 2.75) is 27.4 Å². The second-order valence-corrected chi connectivity index (χ2v) is 7.13. The highest BCUT2D eigenvalue weighted by Crippen LogP contribution is 2.26. The molecule has 3 aromatic rings. The van der Waals surface area contributed by atoms with Gasteiger partial charge in [0.2, 0.25) is 0 Å². The van der Waals surface area contributed by atoms with Gasteiger partial charge in [0.25, 0.3) is 5.91 Å². The lowest BCUT2D eigenvalue weighted by Crippen LogP contribution is -2.14. The molecule has 5 heteroatoms. The van der Waals surface area contributed by atoms with Gasteiger partial charge >= 0.3 is 0 Å². The zero-order chi connectivity index (χ0) is 20.8. The van der Waals surface area contributed by atoms with Crippen LogP contribution in [0.4, 0.5) is 5.69 Å². The molecule has 0 saturated heterocycles. The van der Waals surface area contributed by atoms with Crippen molar-refractivity contribution in [3.63, 3.8) is 0 Å². The van der Waals surface area contributed by atoms with E-state index in [1.807, 2.05) is 57.2 Å². The molecule has 0 bridgehead atoms. The van der Waals surface area contributed by atoms with Gasteiger partial charge in [0.15, 0.2) is 0 Å². The average Bonchev–Trinajstić information content (AvgIpc) is 2.71.